The Morgan fingerprint density at radius 3 is 2.67 bits per heavy atom. The number of methoxy groups -OCH3 is 1. The van der Waals surface area contributed by atoms with E-state index in [9.17, 15) is 9.90 Å². The second-order valence-electron chi connectivity index (χ2n) is 8.86. The van der Waals surface area contributed by atoms with Gasteiger partial charge in [-0.1, -0.05) is 19.9 Å². The van der Waals surface area contributed by atoms with Gasteiger partial charge in [-0.25, -0.2) is 9.78 Å². The fourth-order valence-corrected chi connectivity index (χ4v) is 3.77. The van der Waals surface area contributed by atoms with Crippen LogP contribution in [0.4, 0.5) is 0 Å². The quantitative estimate of drug-likeness (QED) is 0.488. The van der Waals surface area contributed by atoms with Crippen molar-refractivity contribution in [3.8, 4) is 17.2 Å². The van der Waals surface area contributed by atoms with Gasteiger partial charge in [0.1, 0.15) is 17.2 Å². The lowest BCUT2D eigenvalue weighted by molar-refractivity contribution is -0.158. The number of aliphatic carboxylic acids is 1. The SMILES string of the molecule is COc1cccc(-c2nc(CO[C@H]3CCC[C@@H](OCC(OCC(C)C)C(=O)O)C3)c(C)o2)c1. The summed E-state index contributed by atoms with van der Waals surface area (Å²) in [5, 5.41) is 9.36. The van der Waals surface area contributed by atoms with E-state index in [-0.39, 0.29) is 24.7 Å². The van der Waals surface area contributed by atoms with Gasteiger partial charge in [-0.2, -0.15) is 0 Å². The molecule has 0 amide bonds. The zero-order chi connectivity index (χ0) is 23.8. The van der Waals surface area contributed by atoms with E-state index in [0.29, 0.717) is 19.1 Å². The highest BCUT2D eigenvalue weighted by Crippen LogP contribution is 2.28. The maximum atomic E-state index is 11.4. The summed E-state index contributed by atoms with van der Waals surface area (Å²) < 4.78 is 28.6. The summed E-state index contributed by atoms with van der Waals surface area (Å²) in [5.74, 6) is 1.28. The van der Waals surface area contributed by atoms with Crippen molar-refractivity contribution in [2.45, 2.75) is 71.4 Å². The van der Waals surface area contributed by atoms with E-state index in [1.807, 2.05) is 45.0 Å². The zero-order valence-corrected chi connectivity index (χ0v) is 19.9. The summed E-state index contributed by atoms with van der Waals surface area (Å²) in [6, 6.07) is 7.58. The lowest BCUT2D eigenvalue weighted by atomic mass is 9.95. The Hall–Kier alpha value is -2.42. The number of carboxylic acid groups (broad SMARTS) is 1. The Kier molecular flexibility index (Phi) is 9.29. The summed E-state index contributed by atoms with van der Waals surface area (Å²) in [5.41, 5.74) is 1.62. The molecular formula is C25H35NO7. The Labute approximate surface area is 195 Å². The molecule has 0 bridgehead atoms. The summed E-state index contributed by atoms with van der Waals surface area (Å²) in [4.78, 5) is 16.0. The molecule has 1 aromatic heterocycles. The van der Waals surface area contributed by atoms with Crippen LogP contribution in [0.1, 0.15) is 51.0 Å². The van der Waals surface area contributed by atoms with Crippen LogP contribution >= 0.6 is 0 Å². The monoisotopic (exact) mass is 461 g/mol. The van der Waals surface area contributed by atoms with Crippen LogP contribution in [-0.4, -0.2) is 54.7 Å². The maximum absolute atomic E-state index is 11.4. The van der Waals surface area contributed by atoms with E-state index >= 15 is 0 Å². The third-order valence-corrected chi connectivity index (χ3v) is 5.63. The van der Waals surface area contributed by atoms with Crippen molar-refractivity contribution in [1.29, 1.82) is 0 Å². The molecule has 0 spiro atoms. The third kappa shape index (κ3) is 7.55. The molecule has 1 saturated carbocycles. The second kappa shape index (κ2) is 12.2. The molecule has 8 nitrogen and oxygen atoms in total. The average molecular weight is 462 g/mol. The Morgan fingerprint density at radius 2 is 1.97 bits per heavy atom. The smallest absolute Gasteiger partial charge is 0.335 e. The van der Waals surface area contributed by atoms with Crippen LogP contribution in [0.25, 0.3) is 11.5 Å². The summed E-state index contributed by atoms with van der Waals surface area (Å²) in [6.07, 6.45) is 2.55. The zero-order valence-electron chi connectivity index (χ0n) is 19.9. The first-order valence-corrected chi connectivity index (χ1v) is 11.5. The van der Waals surface area contributed by atoms with Gasteiger partial charge in [0.25, 0.3) is 0 Å². The number of hydrogen-bond acceptors (Lipinski definition) is 7. The maximum Gasteiger partial charge on any atom is 0.335 e. The van der Waals surface area contributed by atoms with Gasteiger partial charge in [0.05, 0.1) is 39.1 Å². The minimum Gasteiger partial charge on any atom is -0.497 e. The predicted octanol–water partition coefficient (Wildman–Crippen LogP) is 4.63. The number of ether oxygens (including phenoxy) is 4. The summed E-state index contributed by atoms with van der Waals surface area (Å²) in [6.45, 7) is 6.65. The molecule has 0 aliphatic heterocycles. The largest absolute Gasteiger partial charge is 0.497 e. The van der Waals surface area contributed by atoms with Crippen LogP contribution in [0.5, 0.6) is 5.75 Å². The van der Waals surface area contributed by atoms with Crippen LogP contribution < -0.4 is 4.74 Å². The molecule has 1 N–H and O–H groups in total. The lowest BCUT2D eigenvalue weighted by Crippen LogP contribution is -2.35. The Bertz CT molecular complexity index is 895. The third-order valence-electron chi connectivity index (χ3n) is 5.63. The molecule has 3 rings (SSSR count). The van der Waals surface area contributed by atoms with Gasteiger partial charge in [0.15, 0.2) is 6.10 Å². The van der Waals surface area contributed by atoms with Crippen LogP contribution in [0, 0.1) is 12.8 Å². The number of benzene rings is 1. The number of rotatable bonds is 12. The van der Waals surface area contributed by atoms with Gasteiger partial charge in [-0.05, 0) is 56.7 Å². The topological polar surface area (TPSA) is 100 Å². The Morgan fingerprint density at radius 1 is 1.21 bits per heavy atom. The van der Waals surface area contributed by atoms with Crippen LogP contribution in [0.2, 0.25) is 0 Å². The number of carboxylic acids is 1. The molecule has 2 aromatic rings. The number of oxazole rings is 1. The molecule has 1 aromatic carbocycles. The number of aryl methyl sites for hydroxylation is 1. The first-order chi connectivity index (χ1) is 15.9. The average Bonchev–Trinajstić information content (AvgIpc) is 3.18. The molecule has 1 heterocycles. The molecule has 0 radical (unpaired) electrons. The first kappa shape index (κ1) is 25.2. The summed E-state index contributed by atoms with van der Waals surface area (Å²) in [7, 11) is 1.63. The fraction of sp³-hybridized carbons (Fsp3) is 0.600. The normalized spacial score (nSPS) is 19.5. The molecule has 1 aliphatic carbocycles. The van der Waals surface area contributed by atoms with E-state index in [1.165, 1.54) is 0 Å². The van der Waals surface area contributed by atoms with Crippen molar-refractivity contribution in [2.75, 3.05) is 20.3 Å². The van der Waals surface area contributed by atoms with Crippen molar-refractivity contribution >= 4 is 5.97 Å². The lowest BCUT2D eigenvalue weighted by Gasteiger charge is -2.30. The van der Waals surface area contributed by atoms with Gasteiger partial charge in [0, 0.05) is 5.56 Å². The van der Waals surface area contributed by atoms with Crippen molar-refractivity contribution < 1.29 is 33.3 Å². The first-order valence-electron chi connectivity index (χ1n) is 11.5. The molecule has 3 atom stereocenters. The second-order valence-corrected chi connectivity index (χ2v) is 8.86. The minimum atomic E-state index is -0.993. The fourth-order valence-electron chi connectivity index (χ4n) is 3.77. The molecule has 33 heavy (non-hydrogen) atoms. The van der Waals surface area contributed by atoms with Gasteiger partial charge in [-0.3, -0.25) is 0 Å². The van der Waals surface area contributed by atoms with E-state index in [0.717, 1.165) is 48.5 Å². The predicted molar refractivity (Wildman–Crippen MR) is 122 cm³/mol. The number of hydrogen-bond donors (Lipinski definition) is 1. The highest BCUT2D eigenvalue weighted by Gasteiger charge is 2.27. The molecule has 1 aliphatic rings. The van der Waals surface area contributed by atoms with Gasteiger partial charge in [-0.15, -0.1) is 0 Å². The van der Waals surface area contributed by atoms with Crippen LogP contribution in [0.15, 0.2) is 28.7 Å². The highest BCUT2D eigenvalue weighted by atomic mass is 16.6. The van der Waals surface area contributed by atoms with E-state index < -0.39 is 12.1 Å². The van der Waals surface area contributed by atoms with Gasteiger partial charge < -0.3 is 28.5 Å². The standard InChI is InChI=1S/C25H35NO7/c1-16(2)13-32-23(25(27)28)15-31-21-10-6-9-20(12-21)30-14-22-17(3)33-24(26-22)18-7-5-8-19(11-18)29-4/h5,7-8,11,16,20-21,23H,6,9-10,12-15H2,1-4H3,(H,27,28)/t20-,21+,23?/m0/s1. The van der Waals surface area contributed by atoms with Crippen molar-refractivity contribution in [2.24, 2.45) is 5.92 Å². The van der Waals surface area contributed by atoms with Crippen molar-refractivity contribution in [3.05, 3.63) is 35.7 Å². The van der Waals surface area contributed by atoms with Crippen molar-refractivity contribution in [3.63, 3.8) is 0 Å². The number of carbonyl (C=O) groups is 1. The number of nitrogens with zero attached hydrogens (tertiary/aromatic N) is 1. The van der Waals surface area contributed by atoms with Crippen LogP contribution in [-0.2, 0) is 25.6 Å². The minimum absolute atomic E-state index is 0.0278. The van der Waals surface area contributed by atoms with Gasteiger partial charge >= 0.3 is 5.97 Å². The van der Waals surface area contributed by atoms with E-state index in [1.54, 1.807) is 7.11 Å². The van der Waals surface area contributed by atoms with E-state index in [4.69, 9.17) is 23.4 Å². The van der Waals surface area contributed by atoms with Crippen LogP contribution in [0.3, 0.4) is 0 Å². The highest BCUT2D eigenvalue weighted by molar-refractivity contribution is 5.72. The van der Waals surface area contributed by atoms with Crippen molar-refractivity contribution in [1.82, 2.24) is 4.98 Å². The summed E-state index contributed by atoms with van der Waals surface area (Å²) >= 11 is 0. The number of aromatic nitrogens is 1. The van der Waals surface area contributed by atoms with Gasteiger partial charge in [0.2, 0.25) is 5.89 Å². The molecular weight excluding hydrogens is 426 g/mol. The molecule has 8 heteroatoms. The molecule has 1 unspecified atom stereocenters. The van der Waals surface area contributed by atoms with E-state index in [2.05, 4.69) is 4.98 Å². The molecule has 182 valence electrons. The molecule has 1 fully saturated rings. The Balaban J connectivity index is 1.50. The molecule has 0 saturated heterocycles.